The molecule has 0 amide bonds. The molecule has 2 nitrogen and oxygen atoms in total. The van der Waals surface area contributed by atoms with Crippen molar-refractivity contribution in [1.82, 2.24) is 0 Å². The van der Waals surface area contributed by atoms with Crippen molar-refractivity contribution in [2.75, 3.05) is 6.61 Å². The maximum absolute atomic E-state index is 5.40. The molecule has 0 unspecified atom stereocenters. The second-order valence-electron chi connectivity index (χ2n) is 1.70. The molecule has 0 aromatic rings. The lowest BCUT2D eigenvalue weighted by molar-refractivity contribution is -0.0601. The Hall–Kier alpha value is -0.0800. The predicted octanol–water partition coefficient (Wildman–Crippen LogP) is -0.268. The molecule has 1 saturated heterocycles. The summed E-state index contributed by atoms with van der Waals surface area (Å²) in [6, 6.07) is 0.310. The Bertz CT molecular complexity index is 47.5. The standard InChI is InChI=1S/C4H9NO/c1-3-4(5)2-6-3/h3-4H,2,5H2,1H3/t3-,4-/m1/s1. The SMILES string of the molecule is C[C@H]1OC[C@H]1N. The van der Waals surface area contributed by atoms with Crippen molar-refractivity contribution in [2.24, 2.45) is 5.73 Å². The summed E-state index contributed by atoms with van der Waals surface area (Å²) in [6.45, 7) is 2.73. The minimum absolute atomic E-state index is 0.310. The van der Waals surface area contributed by atoms with Gasteiger partial charge in [-0.25, -0.2) is 0 Å². The number of rotatable bonds is 0. The summed E-state index contributed by atoms with van der Waals surface area (Å²) in [4.78, 5) is 0. The average molecular weight is 87.1 g/mol. The van der Waals surface area contributed by atoms with E-state index in [1.54, 1.807) is 0 Å². The lowest BCUT2D eigenvalue weighted by Crippen LogP contribution is -2.49. The van der Waals surface area contributed by atoms with Gasteiger partial charge in [0.05, 0.1) is 18.8 Å². The second-order valence-corrected chi connectivity index (χ2v) is 1.70. The molecule has 36 valence electrons. The maximum Gasteiger partial charge on any atom is 0.0721 e. The minimum Gasteiger partial charge on any atom is -0.375 e. The maximum atomic E-state index is 5.40. The average Bonchev–Trinajstić information content (AvgIpc) is 1.61. The summed E-state index contributed by atoms with van der Waals surface area (Å²) in [5.41, 5.74) is 5.40. The summed E-state index contributed by atoms with van der Waals surface area (Å²) >= 11 is 0. The Morgan fingerprint density at radius 1 is 1.83 bits per heavy atom. The van der Waals surface area contributed by atoms with E-state index >= 15 is 0 Å². The quantitative estimate of drug-likeness (QED) is 0.441. The first-order chi connectivity index (χ1) is 2.80. The normalized spacial score (nSPS) is 45.0. The third-order valence-electron chi connectivity index (χ3n) is 1.15. The van der Waals surface area contributed by atoms with Crippen LogP contribution >= 0.6 is 0 Å². The van der Waals surface area contributed by atoms with Crippen LogP contribution in [0.1, 0.15) is 6.92 Å². The van der Waals surface area contributed by atoms with Gasteiger partial charge in [0, 0.05) is 0 Å². The first kappa shape index (κ1) is 4.09. The Labute approximate surface area is 37.3 Å². The van der Waals surface area contributed by atoms with Crippen molar-refractivity contribution < 1.29 is 4.74 Å². The molecule has 1 aliphatic rings. The van der Waals surface area contributed by atoms with Crippen LogP contribution in [0.4, 0.5) is 0 Å². The second kappa shape index (κ2) is 1.21. The third-order valence-corrected chi connectivity index (χ3v) is 1.15. The molecule has 1 fully saturated rings. The fraction of sp³-hybridized carbons (Fsp3) is 1.00. The van der Waals surface area contributed by atoms with E-state index in [-0.39, 0.29) is 0 Å². The van der Waals surface area contributed by atoms with Crippen molar-refractivity contribution in [3.05, 3.63) is 0 Å². The largest absolute Gasteiger partial charge is 0.375 e. The van der Waals surface area contributed by atoms with Crippen LogP contribution in [0.2, 0.25) is 0 Å². The highest BCUT2D eigenvalue weighted by Crippen LogP contribution is 2.06. The summed E-state index contributed by atoms with van der Waals surface area (Å²) in [6.07, 6.45) is 0.310. The molecule has 2 atom stereocenters. The zero-order chi connectivity index (χ0) is 4.57. The van der Waals surface area contributed by atoms with Crippen LogP contribution in [0, 0.1) is 0 Å². The van der Waals surface area contributed by atoms with E-state index in [9.17, 15) is 0 Å². The molecule has 1 aliphatic heterocycles. The number of nitrogens with two attached hydrogens (primary N) is 1. The van der Waals surface area contributed by atoms with Gasteiger partial charge in [0.15, 0.2) is 0 Å². The molecule has 2 N–H and O–H groups in total. The molecule has 0 bridgehead atoms. The Balaban J connectivity index is 2.20. The monoisotopic (exact) mass is 87.1 g/mol. The van der Waals surface area contributed by atoms with E-state index < -0.39 is 0 Å². The van der Waals surface area contributed by atoms with Gasteiger partial charge in [0.2, 0.25) is 0 Å². The molecular formula is C4H9NO. The molecule has 1 rings (SSSR count). The predicted molar refractivity (Wildman–Crippen MR) is 23.4 cm³/mol. The molecule has 0 aliphatic carbocycles. The van der Waals surface area contributed by atoms with Crippen LogP contribution in [-0.4, -0.2) is 18.8 Å². The van der Waals surface area contributed by atoms with Gasteiger partial charge in [-0.2, -0.15) is 0 Å². The minimum atomic E-state index is 0.310. The van der Waals surface area contributed by atoms with Gasteiger partial charge in [-0.3, -0.25) is 0 Å². The Morgan fingerprint density at radius 3 is 2.33 bits per heavy atom. The lowest BCUT2D eigenvalue weighted by atomic mass is 10.1. The zero-order valence-electron chi connectivity index (χ0n) is 3.85. The summed E-state index contributed by atoms with van der Waals surface area (Å²) in [5.74, 6) is 0. The first-order valence-corrected chi connectivity index (χ1v) is 2.18. The molecule has 0 aromatic carbocycles. The van der Waals surface area contributed by atoms with Crippen molar-refractivity contribution in [3.8, 4) is 0 Å². The molecule has 0 radical (unpaired) electrons. The van der Waals surface area contributed by atoms with Gasteiger partial charge in [-0.1, -0.05) is 0 Å². The van der Waals surface area contributed by atoms with E-state index in [1.807, 2.05) is 6.92 Å². The lowest BCUT2D eigenvalue weighted by Gasteiger charge is -2.30. The highest BCUT2D eigenvalue weighted by atomic mass is 16.5. The molecule has 6 heavy (non-hydrogen) atoms. The zero-order valence-corrected chi connectivity index (χ0v) is 3.85. The third kappa shape index (κ3) is 0.420. The first-order valence-electron chi connectivity index (χ1n) is 2.18. The topological polar surface area (TPSA) is 35.2 Å². The van der Waals surface area contributed by atoms with Crippen LogP contribution in [0.25, 0.3) is 0 Å². The van der Waals surface area contributed by atoms with Crippen LogP contribution in [0.15, 0.2) is 0 Å². The highest BCUT2D eigenvalue weighted by molar-refractivity contribution is 4.76. The van der Waals surface area contributed by atoms with E-state index in [2.05, 4.69) is 0 Å². The van der Waals surface area contributed by atoms with Crippen LogP contribution in [0.5, 0.6) is 0 Å². The van der Waals surface area contributed by atoms with Crippen molar-refractivity contribution in [1.29, 1.82) is 0 Å². The van der Waals surface area contributed by atoms with Gasteiger partial charge in [0.25, 0.3) is 0 Å². The van der Waals surface area contributed by atoms with Gasteiger partial charge in [-0.15, -0.1) is 0 Å². The summed E-state index contributed by atoms with van der Waals surface area (Å²) < 4.78 is 4.92. The number of ether oxygens (including phenoxy) is 1. The van der Waals surface area contributed by atoms with Gasteiger partial charge in [0.1, 0.15) is 0 Å². The van der Waals surface area contributed by atoms with Crippen molar-refractivity contribution in [3.63, 3.8) is 0 Å². The number of hydrogen-bond donors (Lipinski definition) is 1. The molecule has 0 spiro atoms. The van der Waals surface area contributed by atoms with E-state index in [0.29, 0.717) is 12.1 Å². The molecular weight excluding hydrogens is 78.0 g/mol. The van der Waals surface area contributed by atoms with E-state index in [1.165, 1.54) is 0 Å². The Morgan fingerprint density at radius 2 is 2.33 bits per heavy atom. The van der Waals surface area contributed by atoms with E-state index in [0.717, 1.165) is 6.61 Å². The van der Waals surface area contributed by atoms with Gasteiger partial charge in [-0.05, 0) is 6.92 Å². The Kier molecular flexibility index (Phi) is 0.821. The smallest absolute Gasteiger partial charge is 0.0721 e. The molecule has 2 heteroatoms. The fourth-order valence-electron chi connectivity index (χ4n) is 0.400. The van der Waals surface area contributed by atoms with Crippen LogP contribution in [-0.2, 0) is 4.74 Å². The highest BCUT2D eigenvalue weighted by Gasteiger charge is 2.22. The molecule has 1 heterocycles. The molecule has 0 aromatic heterocycles. The van der Waals surface area contributed by atoms with Crippen LogP contribution in [0.3, 0.4) is 0 Å². The number of hydrogen-bond acceptors (Lipinski definition) is 2. The summed E-state index contributed by atoms with van der Waals surface area (Å²) in [5, 5.41) is 0. The molecule has 0 saturated carbocycles. The van der Waals surface area contributed by atoms with Crippen LogP contribution < -0.4 is 5.73 Å². The van der Waals surface area contributed by atoms with E-state index in [4.69, 9.17) is 10.5 Å². The fourth-order valence-corrected chi connectivity index (χ4v) is 0.400. The summed E-state index contributed by atoms with van der Waals surface area (Å²) in [7, 11) is 0. The van der Waals surface area contributed by atoms with Gasteiger partial charge >= 0.3 is 0 Å². The van der Waals surface area contributed by atoms with Crippen molar-refractivity contribution in [2.45, 2.75) is 19.1 Å². The van der Waals surface area contributed by atoms with Gasteiger partial charge < -0.3 is 10.5 Å². The van der Waals surface area contributed by atoms with Crippen molar-refractivity contribution >= 4 is 0 Å².